The fraction of sp³-hybridized carbons (Fsp3) is 1.00. The molecule has 0 saturated carbocycles. The minimum atomic E-state index is 0.216. The third kappa shape index (κ3) is 4.57. The second-order valence-electron chi connectivity index (χ2n) is 6.67. The zero-order chi connectivity index (χ0) is 13.1. The first-order valence-electron chi connectivity index (χ1n) is 6.95. The Morgan fingerprint density at radius 3 is 2.41 bits per heavy atom. The zero-order valence-electron chi connectivity index (χ0n) is 12.2. The maximum absolute atomic E-state index is 9.16. The number of likely N-dealkylation sites (tertiary alicyclic amines) is 1. The molecule has 2 unspecified atom stereocenters. The summed E-state index contributed by atoms with van der Waals surface area (Å²) >= 11 is 0. The Labute approximate surface area is 107 Å². The highest BCUT2D eigenvalue weighted by Crippen LogP contribution is 2.24. The van der Waals surface area contributed by atoms with Gasteiger partial charge in [0, 0.05) is 31.3 Å². The summed E-state index contributed by atoms with van der Waals surface area (Å²) in [6.45, 7) is 13.9. The largest absolute Gasteiger partial charge is 0.396 e. The van der Waals surface area contributed by atoms with Crippen LogP contribution in [-0.4, -0.2) is 47.8 Å². The van der Waals surface area contributed by atoms with Gasteiger partial charge in [0.1, 0.15) is 0 Å². The van der Waals surface area contributed by atoms with Gasteiger partial charge in [-0.25, -0.2) is 0 Å². The Morgan fingerprint density at radius 2 is 2.00 bits per heavy atom. The van der Waals surface area contributed by atoms with Crippen LogP contribution in [0.15, 0.2) is 0 Å². The Hall–Kier alpha value is -0.120. The number of aliphatic hydroxyl groups is 1. The van der Waals surface area contributed by atoms with Crippen molar-refractivity contribution < 1.29 is 5.11 Å². The van der Waals surface area contributed by atoms with Gasteiger partial charge in [-0.1, -0.05) is 20.8 Å². The molecule has 0 aromatic rings. The van der Waals surface area contributed by atoms with Crippen LogP contribution in [0.1, 0.15) is 47.5 Å². The van der Waals surface area contributed by atoms with E-state index in [-0.39, 0.29) is 12.0 Å². The van der Waals surface area contributed by atoms with Gasteiger partial charge in [-0.2, -0.15) is 0 Å². The van der Waals surface area contributed by atoms with Crippen molar-refractivity contribution in [2.75, 3.05) is 19.7 Å². The number of aliphatic hydroxyl groups excluding tert-OH is 1. The summed E-state index contributed by atoms with van der Waals surface area (Å²) in [7, 11) is 0. The van der Waals surface area contributed by atoms with Crippen LogP contribution in [0.5, 0.6) is 0 Å². The van der Waals surface area contributed by atoms with Crippen LogP contribution < -0.4 is 5.32 Å². The van der Waals surface area contributed by atoms with Crippen LogP contribution in [0.4, 0.5) is 0 Å². The molecule has 0 bridgehead atoms. The van der Waals surface area contributed by atoms with E-state index in [1.807, 2.05) is 0 Å². The predicted octanol–water partition coefficient (Wildman–Crippen LogP) is 1.86. The Bertz CT molecular complexity index is 223. The smallest absolute Gasteiger partial charge is 0.0446 e. The Morgan fingerprint density at radius 1 is 1.35 bits per heavy atom. The van der Waals surface area contributed by atoms with Gasteiger partial charge >= 0.3 is 0 Å². The first-order chi connectivity index (χ1) is 7.84. The van der Waals surface area contributed by atoms with Gasteiger partial charge in [-0.3, -0.25) is 4.90 Å². The van der Waals surface area contributed by atoms with Crippen molar-refractivity contribution in [1.29, 1.82) is 0 Å². The van der Waals surface area contributed by atoms with E-state index < -0.39 is 0 Å². The molecule has 1 heterocycles. The van der Waals surface area contributed by atoms with E-state index in [1.165, 1.54) is 13.0 Å². The minimum absolute atomic E-state index is 0.216. The quantitative estimate of drug-likeness (QED) is 0.772. The average molecular weight is 242 g/mol. The van der Waals surface area contributed by atoms with Crippen molar-refractivity contribution in [1.82, 2.24) is 10.2 Å². The van der Waals surface area contributed by atoms with E-state index in [1.54, 1.807) is 0 Å². The summed E-state index contributed by atoms with van der Waals surface area (Å²) in [5.41, 5.74) is 0.216. The maximum atomic E-state index is 9.16. The van der Waals surface area contributed by atoms with Gasteiger partial charge in [0.05, 0.1) is 0 Å². The monoisotopic (exact) mass is 242 g/mol. The fourth-order valence-electron chi connectivity index (χ4n) is 2.57. The van der Waals surface area contributed by atoms with Gasteiger partial charge < -0.3 is 10.4 Å². The first kappa shape index (κ1) is 14.9. The lowest BCUT2D eigenvalue weighted by Gasteiger charge is -2.34. The normalized spacial score (nSPS) is 24.5. The molecule has 0 aromatic heterocycles. The van der Waals surface area contributed by atoms with Crippen molar-refractivity contribution in [3.05, 3.63) is 0 Å². The molecular formula is C14H30N2O. The molecule has 3 nitrogen and oxygen atoms in total. The number of nitrogens with one attached hydrogen (secondary N) is 1. The summed E-state index contributed by atoms with van der Waals surface area (Å²) < 4.78 is 0. The molecule has 102 valence electrons. The number of rotatable bonds is 5. The molecule has 3 heteroatoms. The third-order valence-electron chi connectivity index (χ3n) is 3.85. The van der Waals surface area contributed by atoms with E-state index in [4.69, 9.17) is 5.11 Å². The predicted molar refractivity (Wildman–Crippen MR) is 73.2 cm³/mol. The molecular weight excluding hydrogens is 212 g/mol. The summed E-state index contributed by atoms with van der Waals surface area (Å²) in [4.78, 5) is 2.52. The topological polar surface area (TPSA) is 35.5 Å². The van der Waals surface area contributed by atoms with Crippen molar-refractivity contribution >= 4 is 0 Å². The molecule has 1 aliphatic heterocycles. The molecule has 0 aromatic carbocycles. The van der Waals surface area contributed by atoms with Crippen molar-refractivity contribution in [2.24, 2.45) is 5.41 Å². The lowest BCUT2D eigenvalue weighted by atomic mass is 9.84. The van der Waals surface area contributed by atoms with Crippen molar-refractivity contribution in [2.45, 2.75) is 65.6 Å². The van der Waals surface area contributed by atoms with Gasteiger partial charge in [-0.05, 0) is 38.6 Å². The van der Waals surface area contributed by atoms with E-state index in [0.29, 0.717) is 18.1 Å². The highest BCUT2D eigenvalue weighted by atomic mass is 16.3. The van der Waals surface area contributed by atoms with Crippen LogP contribution in [0.25, 0.3) is 0 Å². The van der Waals surface area contributed by atoms with Crippen molar-refractivity contribution in [3.8, 4) is 0 Å². The fourth-order valence-corrected chi connectivity index (χ4v) is 2.57. The van der Waals surface area contributed by atoms with Crippen LogP contribution >= 0.6 is 0 Å². The molecule has 1 saturated heterocycles. The van der Waals surface area contributed by atoms with E-state index in [2.05, 4.69) is 44.8 Å². The second-order valence-corrected chi connectivity index (χ2v) is 6.67. The van der Waals surface area contributed by atoms with Gasteiger partial charge in [0.2, 0.25) is 0 Å². The number of hydrogen-bond donors (Lipinski definition) is 2. The Kier molecular flexibility index (Phi) is 5.42. The van der Waals surface area contributed by atoms with E-state index >= 15 is 0 Å². The molecule has 0 radical (unpaired) electrons. The molecule has 17 heavy (non-hydrogen) atoms. The molecule has 0 aliphatic carbocycles. The molecule has 1 aliphatic rings. The third-order valence-corrected chi connectivity index (χ3v) is 3.85. The standard InChI is InChI=1S/C14H30N2O/c1-11(2)16-8-6-12(10-16)15-13(7-9-17)14(3,4)5/h11-13,15,17H,6-10H2,1-5H3. The minimum Gasteiger partial charge on any atom is -0.396 e. The zero-order valence-corrected chi connectivity index (χ0v) is 12.2. The van der Waals surface area contributed by atoms with Crippen LogP contribution in [0, 0.1) is 5.41 Å². The van der Waals surface area contributed by atoms with Crippen LogP contribution in [0.3, 0.4) is 0 Å². The van der Waals surface area contributed by atoms with Crippen LogP contribution in [0.2, 0.25) is 0 Å². The lowest BCUT2D eigenvalue weighted by molar-refractivity contribution is 0.182. The second kappa shape index (κ2) is 6.17. The molecule has 0 spiro atoms. The van der Waals surface area contributed by atoms with Crippen molar-refractivity contribution in [3.63, 3.8) is 0 Å². The highest BCUT2D eigenvalue weighted by Gasteiger charge is 2.30. The molecule has 1 fully saturated rings. The summed E-state index contributed by atoms with van der Waals surface area (Å²) in [5, 5.41) is 12.9. The highest BCUT2D eigenvalue weighted by molar-refractivity contribution is 4.89. The lowest BCUT2D eigenvalue weighted by Crippen LogP contribution is -2.47. The number of nitrogens with zero attached hydrogens (tertiary/aromatic N) is 1. The summed E-state index contributed by atoms with van der Waals surface area (Å²) in [6.07, 6.45) is 2.08. The number of hydrogen-bond acceptors (Lipinski definition) is 3. The molecule has 1 rings (SSSR count). The molecule has 2 atom stereocenters. The maximum Gasteiger partial charge on any atom is 0.0446 e. The first-order valence-corrected chi connectivity index (χ1v) is 6.95. The van der Waals surface area contributed by atoms with E-state index in [9.17, 15) is 0 Å². The molecule has 0 amide bonds. The SMILES string of the molecule is CC(C)N1CCC(NC(CCO)C(C)(C)C)C1. The van der Waals surface area contributed by atoms with Gasteiger partial charge in [0.25, 0.3) is 0 Å². The summed E-state index contributed by atoms with van der Waals surface area (Å²) in [6, 6.07) is 1.64. The van der Waals surface area contributed by atoms with Gasteiger partial charge in [0.15, 0.2) is 0 Å². The summed E-state index contributed by atoms with van der Waals surface area (Å²) in [5.74, 6) is 0. The average Bonchev–Trinajstić information content (AvgIpc) is 2.64. The van der Waals surface area contributed by atoms with E-state index in [0.717, 1.165) is 13.0 Å². The van der Waals surface area contributed by atoms with Gasteiger partial charge in [-0.15, -0.1) is 0 Å². The Balaban J connectivity index is 2.47. The molecule has 2 N–H and O–H groups in total. The van der Waals surface area contributed by atoms with Crippen LogP contribution in [-0.2, 0) is 0 Å².